The van der Waals surface area contributed by atoms with Crippen LogP contribution in [0.3, 0.4) is 0 Å². The molecular weight excluding hydrogens is 333 g/mol. The smallest absolute Gasteiger partial charge is 0.255 e. The number of carbonyl (C=O) groups excluding carboxylic acids is 1. The molecular formula is C20H22FN3O2. The van der Waals surface area contributed by atoms with Gasteiger partial charge in [0.1, 0.15) is 11.6 Å². The second-order valence-corrected chi connectivity index (χ2v) is 6.80. The van der Waals surface area contributed by atoms with Gasteiger partial charge in [-0.2, -0.15) is 0 Å². The summed E-state index contributed by atoms with van der Waals surface area (Å²) in [6.07, 6.45) is 3.70. The molecule has 2 heterocycles. The highest BCUT2D eigenvalue weighted by molar-refractivity contribution is 5.94. The first kappa shape index (κ1) is 17.0. The van der Waals surface area contributed by atoms with Gasteiger partial charge in [0.2, 0.25) is 0 Å². The molecule has 1 aromatic carbocycles. The zero-order chi connectivity index (χ0) is 17.9. The van der Waals surface area contributed by atoms with Gasteiger partial charge in [0, 0.05) is 31.9 Å². The molecule has 1 aromatic heterocycles. The van der Waals surface area contributed by atoms with Crippen molar-refractivity contribution in [1.29, 1.82) is 0 Å². The van der Waals surface area contributed by atoms with Crippen LogP contribution in [-0.2, 0) is 11.3 Å². The SMILES string of the molecule is O=C(c1ccc(N2CCOCC2)nc1)N(Cc1ccc(F)cc1)C1CC1. The number of pyridine rings is 1. The maximum absolute atomic E-state index is 13.1. The number of anilines is 1. The Morgan fingerprint density at radius 3 is 2.50 bits per heavy atom. The molecule has 0 N–H and O–H groups in total. The minimum absolute atomic E-state index is 0.0159. The zero-order valence-electron chi connectivity index (χ0n) is 14.6. The molecule has 1 saturated heterocycles. The largest absolute Gasteiger partial charge is 0.378 e. The molecule has 1 aliphatic heterocycles. The van der Waals surface area contributed by atoms with Gasteiger partial charge in [-0.3, -0.25) is 4.79 Å². The summed E-state index contributed by atoms with van der Waals surface area (Å²) in [5, 5.41) is 0. The van der Waals surface area contributed by atoms with Crippen molar-refractivity contribution in [2.24, 2.45) is 0 Å². The zero-order valence-corrected chi connectivity index (χ0v) is 14.6. The fourth-order valence-corrected chi connectivity index (χ4v) is 3.20. The number of hydrogen-bond acceptors (Lipinski definition) is 4. The number of benzene rings is 1. The number of hydrogen-bond donors (Lipinski definition) is 0. The molecule has 0 atom stereocenters. The van der Waals surface area contributed by atoms with Crippen LogP contribution >= 0.6 is 0 Å². The highest BCUT2D eigenvalue weighted by Gasteiger charge is 2.33. The first-order valence-corrected chi connectivity index (χ1v) is 9.05. The van der Waals surface area contributed by atoms with Crippen LogP contribution in [-0.4, -0.2) is 48.1 Å². The molecule has 4 rings (SSSR count). The summed E-state index contributed by atoms with van der Waals surface area (Å²) in [5.74, 6) is 0.597. The van der Waals surface area contributed by atoms with Crippen LogP contribution in [0.5, 0.6) is 0 Å². The average molecular weight is 355 g/mol. The highest BCUT2D eigenvalue weighted by Crippen LogP contribution is 2.30. The molecule has 2 aromatic rings. The van der Waals surface area contributed by atoms with E-state index in [0.717, 1.165) is 37.3 Å². The number of amides is 1. The maximum Gasteiger partial charge on any atom is 0.255 e. The van der Waals surface area contributed by atoms with E-state index in [4.69, 9.17) is 4.74 Å². The summed E-state index contributed by atoms with van der Waals surface area (Å²) in [5.41, 5.74) is 1.53. The predicted molar refractivity (Wildman–Crippen MR) is 96.6 cm³/mol. The van der Waals surface area contributed by atoms with Crippen molar-refractivity contribution >= 4 is 11.7 Å². The van der Waals surface area contributed by atoms with Crippen LogP contribution in [0.25, 0.3) is 0 Å². The van der Waals surface area contributed by atoms with E-state index in [2.05, 4.69) is 9.88 Å². The van der Waals surface area contributed by atoms with Gasteiger partial charge >= 0.3 is 0 Å². The quantitative estimate of drug-likeness (QED) is 0.827. The number of halogens is 1. The Morgan fingerprint density at radius 1 is 1.15 bits per heavy atom. The monoisotopic (exact) mass is 355 g/mol. The molecule has 0 spiro atoms. The first-order chi connectivity index (χ1) is 12.7. The van der Waals surface area contributed by atoms with Crippen LogP contribution in [0.1, 0.15) is 28.8 Å². The molecule has 2 fully saturated rings. The number of carbonyl (C=O) groups is 1. The van der Waals surface area contributed by atoms with Crippen molar-refractivity contribution in [1.82, 2.24) is 9.88 Å². The number of nitrogens with zero attached hydrogens (tertiary/aromatic N) is 3. The summed E-state index contributed by atoms with van der Waals surface area (Å²) >= 11 is 0. The van der Waals surface area contributed by atoms with E-state index in [1.165, 1.54) is 12.1 Å². The fourth-order valence-electron chi connectivity index (χ4n) is 3.20. The van der Waals surface area contributed by atoms with E-state index in [0.29, 0.717) is 25.3 Å². The lowest BCUT2D eigenvalue weighted by Gasteiger charge is -2.28. The predicted octanol–water partition coefficient (Wildman–Crippen LogP) is 2.86. The van der Waals surface area contributed by atoms with Gasteiger partial charge in [-0.25, -0.2) is 9.37 Å². The second kappa shape index (κ2) is 7.41. The summed E-state index contributed by atoms with van der Waals surface area (Å²) in [6, 6.07) is 10.4. The minimum Gasteiger partial charge on any atom is -0.378 e. The highest BCUT2D eigenvalue weighted by atomic mass is 19.1. The van der Waals surface area contributed by atoms with Crippen molar-refractivity contribution in [3.05, 3.63) is 59.5 Å². The van der Waals surface area contributed by atoms with E-state index in [-0.39, 0.29) is 17.8 Å². The molecule has 0 bridgehead atoms. The molecule has 1 amide bonds. The fraction of sp³-hybridized carbons (Fsp3) is 0.400. The van der Waals surface area contributed by atoms with Gasteiger partial charge in [-0.1, -0.05) is 12.1 Å². The lowest BCUT2D eigenvalue weighted by Crippen LogP contribution is -2.37. The van der Waals surface area contributed by atoms with Crippen LogP contribution in [0.2, 0.25) is 0 Å². The van der Waals surface area contributed by atoms with Crippen molar-refractivity contribution in [3.8, 4) is 0 Å². The molecule has 136 valence electrons. The normalized spacial score (nSPS) is 17.2. The second-order valence-electron chi connectivity index (χ2n) is 6.80. The molecule has 1 aliphatic carbocycles. The Kier molecular flexibility index (Phi) is 4.84. The van der Waals surface area contributed by atoms with Gasteiger partial charge < -0.3 is 14.5 Å². The van der Waals surface area contributed by atoms with Crippen molar-refractivity contribution in [2.75, 3.05) is 31.2 Å². The Hall–Kier alpha value is -2.47. The summed E-state index contributed by atoms with van der Waals surface area (Å²) < 4.78 is 18.5. The lowest BCUT2D eigenvalue weighted by molar-refractivity contribution is 0.0729. The Labute approximate surface area is 152 Å². The lowest BCUT2D eigenvalue weighted by atomic mass is 10.1. The Balaban J connectivity index is 1.47. The molecule has 2 aliphatic rings. The van der Waals surface area contributed by atoms with Gasteiger partial charge in [-0.05, 0) is 42.7 Å². The summed E-state index contributed by atoms with van der Waals surface area (Å²) in [4.78, 5) is 21.5. The maximum atomic E-state index is 13.1. The van der Waals surface area contributed by atoms with Crippen molar-refractivity contribution in [2.45, 2.75) is 25.4 Å². The third-order valence-corrected chi connectivity index (χ3v) is 4.84. The number of ether oxygens (including phenoxy) is 1. The number of aromatic nitrogens is 1. The Morgan fingerprint density at radius 2 is 1.88 bits per heavy atom. The van der Waals surface area contributed by atoms with Gasteiger partial charge in [0.05, 0.1) is 18.8 Å². The van der Waals surface area contributed by atoms with Crippen LogP contribution in [0.4, 0.5) is 10.2 Å². The van der Waals surface area contributed by atoms with E-state index in [1.54, 1.807) is 18.3 Å². The van der Waals surface area contributed by atoms with Gasteiger partial charge in [-0.15, -0.1) is 0 Å². The third kappa shape index (κ3) is 3.85. The average Bonchev–Trinajstić information content (AvgIpc) is 3.53. The van der Waals surface area contributed by atoms with E-state index < -0.39 is 0 Å². The van der Waals surface area contributed by atoms with E-state index in [9.17, 15) is 9.18 Å². The first-order valence-electron chi connectivity index (χ1n) is 9.05. The topological polar surface area (TPSA) is 45.7 Å². The molecule has 0 radical (unpaired) electrons. The van der Waals surface area contributed by atoms with E-state index in [1.807, 2.05) is 17.0 Å². The van der Waals surface area contributed by atoms with Gasteiger partial charge in [0.25, 0.3) is 5.91 Å². The molecule has 0 unspecified atom stereocenters. The van der Waals surface area contributed by atoms with Crippen LogP contribution in [0, 0.1) is 5.82 Å². The van der Waals surface area contributed by atoms with Crippen molar-refractivity contribution < 1.29 is 13.9 Å². The Bertz CT molecular complexity index is 754. The molecule has 6 heteroatoms. The van der Waals surface area contributed by atoms with E-state index >= 15 is 0 Å². The van der Waals surface area contributed by atoms with Crippen molar-refractivity contribution in [3.63, 3.8) is 0 Å². The standard InChI is InChI=1S/C20H22FN3O2/c21-17-4-1-15(2-5-17)14-24(18-6-7-18)20(25)16-3-8-19(22-13-16)23-9-11-26-12-10-23/h1-5,8,13,18H,6-7,9-12,14H2. The molecule has 5 nitrogen and oxygen atoms in total. The minimum atomic E-state index is -0.263. The number of morpholine rings is 1. The third-order valence-electron chi connectivity index (χ3n) is 4.84. The molecule has 1 saturated carbocycles. The van der Waals surface area contributed by atoms with Gasteiger partial charge in [0.15, 0.2) is 0 Å². The van der Waals surface area contributed by atoms with Crippen LogP contribution in [0.15, 0.2) is 42.6 Å². The molecule has 26 heavy (non-hydrogen) atoms. The number of rotatable bonds is 5. The summed E-state index contributed by atoms with van der Waals surface area (Å²) in [7, 11) is 0. The summed E-state index contributed by atoms with van der Waals surface area (Å²) in [6.45, 7) is 3.54. The van der Waals surface area contributed by atoms with Crippen LogP contribution < -0.4 is 4.90 Å².